The predicted molar refractivity (Wildman–Crippen MR) is 68.3 cm³/mol. The van der Waals surface area contributed by atoms with E-state index in [0.717, 1.165) is 0 Å². The van der Waals surface area contributed by atoms with Gasteiger partial charge in [0.15, 0.2) is 11.9 Å². The van der Waals surface area contributed by atoms with Crippen LogP contribution in [0.1, 0.15) is 12.6 Å². The first-order valence-electron chi connectivity index (χ1n) is 5.98. The third-order valence-corrected chi connectivity index (χ3v) is 3.24. The van der Waals surface area contributed by atoms with Crippen LogP contribution < -0.4 is 5.73 Å². The van der Waals surface area contributed by atoms with Crippen molar-refractivity contribution < 1.29 is 9.84 Å². The fraction of sp³-hybridized carbons (Fsp3) is 0.500. The third kappa shape index (κ3) is 2.01. The Morgan fingerprint density at radius 1 is 1.60 bits per heavy atom. The lowest BCUT2D eigenvalue weighted by atomic mass is 10.1. The molecule has 0 amide bonds. The zero-order valence-electron chi connectivity index (χ0n) is 10.4. The van der Waals surface area contributed by atoms with Crippen LogP contribution in [0.5, 0.6) is 0 Å². The molecular weight excluding hydrogens is 264 g/mol. The van der Waals surface area contributed by atoms with Crippen LogP contribution in [0.2, 0.25) is 0 Å². The standard InChI is InChI=1S/C10H12N8O2/c11-9-5-2-18(16-10(5)14-4-13-9)8-1-6(15-17-12)7(3-19)20-8/h2,4,6-8,19H,1,3H2,(H2,11,13,14,16)/t6-,7+,8-/m0/s1. The van der Waals surface area contributed by atoms with Crippen LogP contribution in [0.25, 0.3) is 21.5 Å². The molecule has 3 heterocycles. The predicted octanol–water partition coefficient (Wildman–Crippen LogP) is 0.367. The molecule has 10 nitrogen and oxygen atoms in total. The van der Waals surface area contributed by atoms with E-state index in [0.29, 0.717) is 23.3 Å². The van der Waals surface area contributed by atoms with Crippen LogP contribution in [0, 0.1) is 0 Å². The van der Waals surface area contributed by atoms with Gasteiger partial charge in [0.1, 0.15) is 12.1 Å². The summed E-state index contributed by atoms with van der Waals surface area (Å²) in [7, 11) is 0. The second-order valence-corrected chi connectivity index (χ2v) is 4.43. The van der Waals surface area contributed by atoms with E-state index >= 15 is 0 Å². The highest BCUT2D eigenvalue weighted by molar-refractivity contribution is 5.84. The van der Waals surface area contributed by atoms with Crippen molar-refractivity contribution in [2.45, 2.75) is 24.8 Å². The van der Waals surface area contributed by atoms with Gasteiger partial charge in [0.2, 0.25) is 0 Å². The number of nitrogens with two attached hydrogens (primary N) is 1. The summed E-state index contributed by atoms with van der Waals surface area (Å²) < 4.78 is 7.19. The summed E-state index contributed by atoms with van der Waals surface area (Å²) in [5, 5.41) is 17.7. The van der Waals surface area contributed by atoms with Gasteiger partial charge in [0.05, 0.1) is 24.1 Å². The quantitative estimate of drug-likeness (QED) is 0.470. The summed E-state index contributed by atoms with van der Waals surface area (Å²) in [5.41, 5.74) is 14.7. The van der Waals surface area contributed by atoms with Crippen LogP contribution in [0.15, 0.2) is 17.6 Å². The van der Waals surface area contributed by atoms with E-state index in [4.69, 9.17) is 16.0 Å². The molecule has 0 bridgehead atoms. The fourth-order valence-corrected chi connectivity index (χ4v) is 2.25. The Hall–Kier alpha value is -2.42. The average Bonchev–Trinajstić information content (AvgIpc) is 3.03. The molecule has 2 aromatic heterocycles. The number of aliphatic hydroxyl groups excluding tert-OH is 1. The van der Waals surface area contributed by atoms with Gasteiger partial charge in [-0.15, -0.1) is 5.10 Å². The minimum Gasteiger partial charge on any atom is -0.394 e. The van der Waals surface area contributed by atoms with Crippen molar-refractivity contribution >= 4 is 16.9 Å². The molecule has 2 aromatic rings. The SMILES string of the molecule is [N-]=[N+]=N[C@H]1C[C@@H](n2cc3c(N)ncnc3n2)O[C@@H]1CO. The van der Waals surface area contributed by atoms with Gasteiger partial charge in [0.25, 0.3) is 0 Å². The van der Waals surface area contributed by atoms with Crippen LogP contribution in [-0.2, 0) is 4.74 Å². The summed E-state index contributed by atoms with van der Waals surface area (Å²) in [6, 6.07) is -0.425. The van der Waals surface area contributed by atoms with Gasteiger partial charge in [-0.05, 0) is 5.53 Å². The van der Waals surface area contributed by atoms with E-state index in [-0.39, 0.29) is 6.61 Å². The second kappa shape index (κ2) is 4.93. The maximum Gasteiger partial charge on any atom is 0.186 e. The number of aliphatic hydroxyl groups is 1. The van der Waals surface area contributed by atoms with E-state index in [2.05, 4.69) is 25.1 Å². The van der Waals surface area contributed by atoms with Crippen LogP contribution in [0.3, 0.4) is 0 Å². The monoisotopic (exact) mass is 276 g/mol. The maximum absolute atomic E-state index is 9.23. The first-order chi connectivity index (χ1) is 9.72. The molecule has 1 aliphatic heterocycles. The Labute approximate surface area is 112 Å². The number of aromatic nitrogens is 4. The first-order valence-corrected chi connectivity index (χ1v) is 5.98. The van der Waals surface area contributed by atoms with E-state index < -0.39 is 18.4 Å². The second-order valence-electron chi connectivity index (χ2n) is 4.43. The van der Waals surface area contributed by atoms with E-state index in [1.807, 2.05) is 0 Å². The van der Waals surface area contributed by atoms with Crippen molar-refractivity contribution in [3.63, 3.8) is 0 Å². The summed E-state index contributed by atoms with van der Waals surface area (Å²) >= 11 is 0. The van der Waals surface area contributed by atoms with Crippen LogP contribution in [-0.4, -0.2) is 43.6 Å². The van der Waals surface area contributed by atoms with Crippen LogP contribution >= 0.6 is 0 Å². The number of hydrogen-bond donors (Lipinski definition) is 2. The van der Waals surface area contributed by atoms with Gasteiger partial charge in [-0.1, -0.05) is 5.11 Å². The van der Waals surface area contributed by atoms with Crippen molar-refractivity contribution in [2.75, 3.05) is 12.3 Å². The maximum atomic E-state index is 9.23. The zero-order chi connectivity index (χ0) is 14.1. The van der Waals surface area contributed by atoms with Gasteiger partial charge in [-0.2, -0.15) is 0 Å². The lowest BCUT2D eigenvalue weighted by Crippen LogP contribution is -2.23. The largest absolute Gasteiger partial charge is 0.394 e. The molecule has 104 valence electrons. The lowest BCUT2D eigenvalue weighted by molar-refractivity contribution is -0.0302. The molecule has 0 unspecified atom stereocenters. The van der Waals surface area contributed by atoms with E-state index in [1.54, 1.807) is 10.9 Å². The van der Waals surface area contributed by atoms with E-state index in [9.17, 15) is 5.11 Å². The molecule has 20 heavy (non-hydrogen) atoms. The minimum absolute atomic E-state index is 0.219. The van der Waals surface area contributed by atoms with Gasteiger partial charge < -0.3 is 15.6 Å². The average molecular weight is 276 g/mol. The van der Waals surface area contributed by atoms with Crippen molar-refractivity contribution in [3.8, 4) is 0 Å². The summed E-state index contributed by atoms with van der Waals surface area (Å²) in [4.78, 5) is 10.7. The molecule has 0 saturated carbocycles. The lowest BCUT2D eigenvalue weighted by Gasteiger charge is -2.12. The Bertz CT molecular complexity index is 679. The number of hydrogen-bond acceptors (Lipinski definition) is 7. The zero-order valence-corrected chi connectivity index (χ0v) is 10.4. The Morgan fingerprint density at radius 2 is 2.45 bits per heavy atom. The molecule has 10 heteroatoms. The molecule has 1 aliphatic rings. The number of nitrogen functional groups attached to an aromatic ring is 1. The molecule has 3 atom stereocenters. The van der Waals surface area contributed by atoms with Crippen molar-refractivity contribution in [2.24, 2.45) is 5.11 Å². The first kappa shape index (κ1) is 12.6. The highest BCUT2D eigenvalue weighted by Gasteiger charge is 2.35. The van der Waals surface area contributed by atoms with Crippen molar-refractivity contribution in [1.29, 1.82) is 0 Å². The molecule has 1 fully saturated rings. The molecular formula is C10H12N8O2. The van der Waals surface area contributed by atoms with Gasteiger partial charge in [-0.3, -0.25) is 0 Å². The van der Waals surface area contributed by atoms with Crippen molar-refractivity contribution in [3.05, 3.63) is 23.0 Å². The summed E-state index contributed by atoms with van der Waals surface area (Å²) in [6.07, 6.45) is 2.48. The highest BCUT2D eigenvalue weighted by atomic mass is 16.5. The van der Waals surface area contributed by atoms with Crippen LogP contribution in [0.4, 0.5) is 5.82 Å². The molecule has 1 saturated heterocycles. The summed E-state index contributed by atoms with van der Waals surface area (Å²) in [6.45, 7) is -0.219. The molecule has 0 aliphatic carbocycles. The highest BCUT2D eigenvalue weighted by Crippen LogP contribution is 2.31. The summed E-state index contributed by atoms with van der Waals surface area (Å²) in [5.74, 6) is 0.338. The Balaban J connectivity index is 1.92. The number of azide groups is 1. The van der Waals surface area contributed by atoms with Gasteiger partial charge in [-0.25, -0.2) is 14.6 Å². The molecule has 0 aromatic carbocycles. The molecule has 3 N–H and O–H groups in total. The van der Waals surface area contributed by atoms with E-state index in [1.165, 1.54) is 6.33 Å². The number of fused-ring (bicyclic) bond motifs is 1. The smallest absolute Gasteiger partial charge is 0.186 e. The van der Waals surface area contributed by atoms with Gasteiger partial charge >= 0.3 is 0 Å². The number of rotatable bonds is 3. The van der Waals surface area contributed by atoms with Crippen molar-refractivity contribution in [1.82, 2.24) is 19.7 Å². The number of nitrogens with zero attached hydrogens (tertiary/aromatic N) is 7. The Kier molecular flexibility index (Phi) is 3.11. The minimum atomic E-state index is -0.536. The molecule has 3 rings (SSSR count). The van der Waals surface area contributed by atoms with Gasteiger partial charge in [0, 0.05) is 17.5 Å². The molecule has 0 spiro atoms. The normalized spacial score (nSPS) is 25.8. The number of anilines is 1. The molecule has 0 radical (unpaired) electrons. The topological polar surface area (TPSA) is 148 Å². The third-order valence-electron chi connectivity index (χ3n) is 3.24. The number of ether oxygens (including phenoxy) is 1. The Morgan fingerprint density at radius 3 is 3.15 bits per heavy atom. The fourth-order valence-electron chi connectivity index (χ4n) is 2.25.